The summed E-state index contributed by atoms with van der Waals surface area (Å²) in [6.07, 6.45) is -1.45. The van der Waals surface area contributed by atoms with E-state index >= 15 is 0 Å². The molecular formula is C13H12N4O3. The van der Waals surface area contributed by atoms with Crippen LogP contribution in [0.2, 0.25) is 0 Å². The van der Waals surface area contributed by atoms with Crippen molar-refractivity contribution < 1.29 is 14.7 Å². The summed E-state index contributed by atoms with van der Waals surface area (Å²) in [5.41, 5.74) is 6.89. The van der Waals surface area contributed by atoms with E-state index in [1.165, 1.54) is 6.92 Å². The summed E-state index contributed by atoms with van der Waals surface area (Å²) in [7, 11) is 0. The van der Waals surface area contributed by atoms with E-state index < -0.39 is 24.1 Å². The number of hydrogen-bond acceptors (Lipinski definition) is 4. The number of nitrogen functional groups attached to an aromatic ring is 1. The topological polar surface area (TPSA) is 120 Å². The van der Waals surface area contributed by atoms with Crippen molar-refractivity contribution in [1.82, 2.24) is 4.90 Å². The van der Waals surface area contributed by atoms with E-state index in [0.29, 0.717) is 21.9 Å². The van der Waals surface area contributed by atoms with E-state index in [1.54, 1.807) is 24.3 Å². The highest BCUT2D eigenvalue weighted by Crippen LogP contribution is 2.34. The van der Waals surface area contributed by atoms with Crippen molar-refractivity contribution in [2.24, 2.45) is 10.9 Å². The molecule has 0 saturated carbocycles. The van der Waals surface area contributed by atoms with Crippen LogP contribution in [0.1, 0.15) is 18.5 Å². The number of benzene rings is 1. The third kappa shape index (κ3) is 2.19. The largest absolute Gasteiger partial charge is 0.465 e. The second-order valence-corrected chi connectivity index (χ2v) is 4.41. The summed E-state index contributed by atoms with van der Waals surface area (Å²) < 4.78 is 0. The Balaban J connectivity index is 2.60. The fraction of sp³-hybridized carbons (Fsp3) is 0.231. The number of nitrogens with zero attached hydrogens (tertiary/aromatic N) is 3. The smallest absolute Gasteiger partial charge is 0.416 e. The normalized spacial score (nSPS) is 22.1. The van der Waals surface area contributed by atoms with Gasteiger partial charge in [-0.3, -0.25) is 0 Å². The highest BCUT2D eigenvalue weighted by molar-refractivity contribution is 6.04. The number of rotatable bonds is 1. The third-order valence-electron chi connectivity index (χ3n) is 3.12. The molecule has 1 aromatic rings. The van der Waals surface area contributed by atoms with Crippen LogP contribution in [0.15, 0.2) is 29.3 Å². The molecule has 1 aliphatic heterocycles. The van der Waals surface area contributed by atoms with Gasteiger partial charge in [-0.2, -0.15) is 5.26 Å². The molecule has 0 radical (unpaired) electrons. The minimum atomic E-state index is -1.45. The molecule has 0 bridgehead atoms. The van der Waals surface area contributed by atoms with Crippen molar-refractivity contribution >= 4 is 23.5 Å². The van der Waals surface area contributed by atoms with Crippen LogP contribution >= 0.6 is 0 Å². The van der Waals surface area contributed by atoms with Gasteiger partial charge in [-0.25, -0.2) is 19.5 Å². The predicted octanol–water partition coefficient (Wildman–Crippen LogP) is 2.02. The predicted molar refractivity (Wildman–Crippen MR) is 71.1 cm³/mol. The number of urea groups is 1. The van der Waals surface area contributed by atoms with Gasteiger partial charge in [-0.1, -0.05) is 12.1 Å². The van der Waals surface area contributed by atoms with E-state index in [2.05, 4.69) is 4.99 Å². The Labute approximate surface area is 114 Å². The first kappa shape index (κ1) is 13.5. The second-order valence-electron chi connectivity index (χ2n) is 4.41. The standard InChI is InChI=1S/C13H12N4O3/c1-7-10(6-14)11(8-3-2-4-9(15)5-8)17(13(19)20)12(18)16-7/h2-5,10-11H,15H2,1H3,(H,19,20). The molecule has 1 heterocycles. The van der Waals surface area contributed by atoms with Crippen LogP contribution in [0.4, 0.5) is 15.3 Å². The molecule has 1 aliphatic rings. The van der Waals surface area contributed by atoms with Crippen LogP contribution in [0.25, 0.3) is 0 Å². The van der Waals surface area contributed by atoms with Crippen LogP contribution in [0, 0.1) is 17.2 Å². The summed E-state index contributed by atoms with van der Waals surface area (Å²) in [6.45, 7) is 1.53. The van der Waals surface area contributed by atoms with Crippen LogP contribution in [-0.4, -0.2) is 27.8 Å². The van der Waals surface area contributed by atoms with Gasteiger partial charge >= 0.3 is 12.1 Å². The lowest BCUT2D eigenvalue weighted by molar-refractivity contribution is 0.129. The highest BCUT2D eigenvalue weighted by Gasteiger charge is 2.41. The molecule has 20 heavy (non-hydrogen) atoms. The zero-order chi connectivity index (χ0) is 14.9. The van der Waals surface area contributed by atoms with Gasteiger partial charge in [0, 0.05) is 11.4 Å². The van der Waals surface area contributed by atoms with Crippen molar-refractivity contribution in [2.45, 2.75) is 13.0 Å². The Morgan fingerprint density at radius 2 is 2.25 bits per heavy atom. The van der Waals surface area contributed by atoms with Gasteiger partial charge < -0.3 is 10.8 Å². The van der Waals surface area contributed by atoms with Gasteiger partial charge in [0.1, 0.15) is 5.92 Å². The maximum Gasteiger partial charge on any atom is 0.416 e. The van der Waals surface area contributed by atoms with Gasteiger partial charge in [0.2, 0.25) is 0 Å². The lowest BCUT2D eigenvalue weighted by atomic mass is 9.88. The van der Waals surface area contributed by atoms with Crippen molar-refractivity contribution in [3.8, 4) is 6.07 Å². The summed E-state index contributed by atoms with van der Waals surface area (Å²) in [6, 6.07) is 6.63. The lowest BCUT2D eigenvalue weighted by Crippen LogP contribution is -2.46. The number of imide groups is 1. The molecule has 2 unspecified atom stereocenters. The molecule has 102 valence electrons. The highest BCUT2D eigenvalue weighted by atomic mass is 16.4. The average molecular weight is 272 g/mol. The van der Waals surface area contributed by atoms with Crippen molar-refractivity contribution in [1.29, 1.82) is 5.26 Å². The van der Waals surface area contributed by atoms with Gasteiger partial charge in [0.05, 0.1) is 12.1 Å². The Bertz CT molecular complexity index is 647. The molecule has 7 heteroatoms. The Hall–Kier alpha value is -2.88. The summed E-state index contributed by atoms with van der Waals surface area (Å²) in [4.78, 5) is 27.3. The number of carbonyl (C=O) groups is 2. The van der Waals surface area contributed by atoms with Crippen molar-refractivity contribution in [3.05, 3.63) is 29.8 Å². The Morgan fingerprint density at radius 3 is 2.80 bits per heavy atom. The van der Waals surface area contributed by atoms with Gasteiger partial charge in [-0.15, -0.1) is 0 Å². The van der Waals surface area contributed by atoms with Crippen LogP contribution < -0.4 is 5.73 Å². The molecule has 3 amide bonds. The average Bonchev–Trinajstić information content (AvgIpc) is 2.37. The number of carboxylic acid groups (broad SMARTS) is 1. The van der Waals surface area contributed by atoms with Gasteiger partial charge in [-0.05, 0) is 24.6 Å². The lowest BCUT2D eigenvalue weighted by Gasteiger charge is -2.33. The zero-order valence-electron chi connectivity index (χ0n) is 10.6. The SMILES string of the molecule is CC1=NC(=O)N(C(=O)O)C(c2cccc(N)c2)C1C#N. The minimum absolute atomic E-state index is 0.294. The molecule has 0 aromatic heterocycles. The number of hydrogen-bond donors (Lipinski definition) is 2. The Morgan fingerprint density at radius 1 is 1.55 bits per heavy atom. The number of amides is 3. The number of carbonyl (C=O) groups excluding carboxylic acids is 1. The molecular weight excluding hydrogens is 260 g/mol. The first-order chi connectivity index (χ1) is 9.45. The second kappa shape index (κ2) is 5.01. The van der Waals surface area contributed by atoms with E-state index in [1.807, 2.05) is 6.07 Å². The quantitative estimate of drug-likeness (QED) is 0.758. The van der Waals surface area contributed by atoms with Crippen molar-refractivity contribution in [2.75, 3.05) is 5.73 Å². The molecule has 0 saturated heterocycles. The molecule has 0 spiro atoms. The third-order valence-corrected chi connectivity index (χ3v) is 3.12. The number of nitrogens with two attached hydrogens (primary N) is 1. The fourth-order valence-electron chi connectivity index (χ4n) is 2.22. The molecule has 2 rings (SSSR count). The number of anilines is 1. The van der Waals surface area contributed by atoms with E-state index in [-0.39, 0.29) is 0 Å². The molecule has 2 atom stereocenters. The molecule has 0 aliphatic carbocycles. The molecule has 7 nitrogen and oxygen atoms in total. The Kier molecular flexibility index (Phi) is 3.39. The maximum absolute atomic E-state index is 11.8. The first-order valence-electron chi connectivity index (χ1n) is 5.82. The van der Waals surface area contributed by atoms with Gasteiger partial charge in [0.25, 0.3) is 0 Å². The summed E-state index contributed by atoms with van der Waals surface area (Å²) in [5.74, 6) is -0.828. The first-order valence-corrected chi connectivity index (χ1v) is 5.82. The van der Waals surface area contributed by atoms with Gasteiger partial charge in [0.15, 0.2) is 0 Å². The minimum Gasteiger partial charge on any atom is -0.465 e. The molecule has 1 aromatic carbocycles. The van der Waals surface area contributed by atoms with E-state index in [9.17, 15) is 20.0 Å². The van der Waals surface area contributed by atoms with Crippen LogP contribution in [0.5, 0.6) is 0 Å². The molecule has 3 N–H and O–H groups in total. The fourth-order valence-corrected chi connectivity index (χ4v) is 2.22. The van der Waals surface area contributed by atoms with Crippen LogP contribution in [-0.2, 0) is 0 Å². The van der Waals surface area contributed by atoms with Crippen molar-refractivity contribution in [3.63, 3.8) is 0 Å². The van der Waals surface area contributed by atoms with E-state index in [4.69, 9.17) is 5.73 Å². The maximum atomic E-state index is 11.8. The monoisotopic (exact) mass is 272 g/mol. The van der Waals surface area contributed by atoms with E-state index in [0.717, 1.165) is 0 Å². The summed E-state index contributed by atoms with van der Waals surface area (Å²) in [5, 5.41) is 18.5. The number of nitriles is 1. The zero-order valence-corrected chi connectivity index (χ0v) is 10.6. The van der Waals surface area contributed by atoms with Crippen LogP contribution in [0.3, 0.4) is 0 Å². The summed E-state index contributed by atoms with van der Waals surface area (Å²) >= 11 is 0. The molecule has 0 fully saturated rings. The number of aliphatic imine (C=N–C) groups is 1.